The summed E-state index contributed by atoms with van der Waals surface area (Å²) in [6, 6.07) is 50.6. The van der Waals surface area contributed by atoms with Gasteiger partial charge in [-0.15, -0.1) is 9.13 Å². The van der Waals surface area contributed by atoms with E-state index in [1.54, 1.807) is 0 Å². The number of nitrogens with zero attached hydrogens (tertiary/aromatic N) is 3. The van der Waals surface area contributed by atoms with Gasteiger partial charge >= 0.3 is 11.7 Å². The molecule has 0 bridgehead atoms. The Kier molecular flexibility index (Phi) is 8.77. The van der Waals surface area contributed by atoms with E-state index >= 15 is 0 Å². The Morgan fingerprint density at radius 3 is 1.73 bits per heavy atom. The van der Waals surface area contributed by atoms with Crippen molar-refractivity contribution in [3.8, 4) is 67.5 Å². The van der Waals surface area contributed by atoms with E-state index in [0.29, 0.717) is 0 Å². The zero-order chi connectivity index (χ0) is 46.7. The fourth-order valence-electron chi connectivity index (χ4n) is 10.8. The van der Waals surface area contributed by atoms with Gasteiger partial charge in [-0.2, -0.15) is 4.57 Å². The maximum absolute atomic E-state index is 8.18. The predicted octanol–water partition coefficient (Wildman–Crippen LogP) is 15.0. The summed E-state index contributed by atoms with van der Waals surface area (Å²) >= 11 is 0. The van der Waals surface area contributed by atoms with E-state index < -0.39 is 5.85 Å². The normalized spacial score (nSPS) is 16.2. The van der Waals surface area contributed by atoms with Gasteiger partial charge in [-0.05, 0) is 103 Å². The van der Waals surface area contributed by atoms with Crippen LogP contribution in [0.5, 0.6) is 5.75 Å². The number of benzene rings is 6. The van der Waals surface area contributed by atoms with E-state index in [1.165, 1.54) is 72.3 Å². The van der Waals surface area contributed by atoms with Crippen molar-refractivity contribution in [2.24, 2.45) is 5.41 Å². The van der Waals surface area contributed by atoms with Crippen molar-refractivity contribution in [2.45, 2.75) is 124 Å². The van der Waals surface area contributed by atoms with Crippen molar-refractivity contribution in [3.05, 3.63) is 167 Å². The van der Waals surface area contributed by atoms with Gasteiger partial charge in [0, 0.05) is 34.4 Å². The van der Waals surface area contributed by atoms with Gasteiger partial charge in [-0.3, -0.25) is 0 Å². The molecule has 1 spiro atoms. The van der Waals surface area contributed by atoms with E-state index in [4.69, 9.17) is 4.74 Å². The van der Waals surface area contributed by atoms with E-state index in [1.807, 2.05) is 0 Å². The molecule has 11 rings (SSSR count). The number of hydrogen-bond acceptors (Lipinski definition) is 1. The van der Waals surface area contributed by atoms with E-state index in [9.17, 15) is 0 Å². The minimum absolute atomic E-state index is 0.0313. The van der Waals surface area contributed by atoms with Gasteiger partial charge in [-0.1, -0.05) is 176 Å². The Balaban J connectivity index is 1.36. The molecule has 2 aromatic heterocycles. The van der Waals surface area contributed by atoms with Crippen molar-refractivity contribution < 1.29 is 13.9 Å². The Morgan fingerprint density at radius 2 is 1.09 bits per heavy atom. The summed E-state index contributed by atoms with van der Waals surface area (Å²) < 4.78 is 15.8. The zero-order valence-electron chi connectivity index (χ0n) is 41.5. The minimum Gasteiger partial charge on any atom is -0.392 e. The van der Waals surface area contributed by atoms with Crippen molar-refractivity contribution in [3.63, 3.8) is 0 Å². The Morgan fingerprint density at radius 1 is 0.485 bits per heavy atom. The second-order valence-corrected chi connectivity index (χ2v) is 24.0. The molecule has 6 aromatic carbocycles. The van der Waals surface area contributed by atoms with Crippen LogP contribution in [-0.2, 0) is 27.5 Å². The van der Waals surface area contributed by atoms with Crippen LogP contribution in [0.15, 0.2) is 140 Å². The van der Waals surface area contributed by atoms with Gasteiger partial charge in [-0.25, -0.2) is 0 Å². The number of pyridine rings is 1. The molecule has 1 atom stereocenters. The second kappa shape index (κ2) is 13.7. The summed E-state index contributed by atoms with van der Waals surface area (Å²) in [5, 5.41) is 0. The van der Waals surface area contributed by atoms with Gasteiger partial charge in [0.2, 0.25) is 5.69 Å². The maximum Gasteiger partial charge on any atom is 0.499 e. The lowest BCUT2D eigenvalue weighted by Gasteiger charge is -2.39. The van der Waals surface area contributed by atoms with E-state index in [0.717, 1.165) is 34.0 Å². The highest BCUT2D eigenvalue weighted by atomic mass is 16.5. The number of fused-ring (bicyclic) bond motifs is 5. The fourth-order valence-corrected chi connectivity index (χ4v) is 10.8. The third-order valence-electron chi connectivity index (χ3n) is 15.7. The van der Waals surface area contributed by atoms with Gasteiger partial charge in [0.25, 0.3) is 0 Å². The zero-order valence-corrected chi connectivity index (χ0v) is 41.5. The first-order valence-electron chi connectivity index (χ1n) is 24.0. The molecule has 3 aliphatic heterocycles. The quantitative estimate of drug-likeness (QED) is 0.162. The molecule has 0 amide bonds. The van der Waals surface area contributed by atoms with Crippen LogP contribution in [-0.4, -0.2) is 4.57 Å². The number of aromatic nitrogens is 3. The predicted molar refractivity (Wildman–Crippen MR) is 273 cm³/mol. The number of hydrogen-bond donors (Lipinski definition) is 0. The molecule has 0 radical (unpaired) electrons. The minimum atomic E-state index is -1.07. The Hall–Kier alpha value is -6.26. The molecule has 4 nitrogen and oxygen atoms in total. The number of ether oxygens (including phenoxy) is 1. The molecule has 0 fully saturated rings. The maximum atomic E-state index is 8.18. The summed E-state index contributed by atoms with van der Waals surface area (Å²) in [7, 11) is 0. The smallest absolute Gasteiger partial charge is 0.392 e. The first kappa shape index (κ1) is 42.4. The van der Waals surface area contributed by atoms with Crippen LogP contribution in [0.1, 0.15) is 125 Å². The molecule has 4 heteroatoms. The van der Waals surface area contributed by atoms with Gasteiger partial charge in [0.1, 0.15) is 16.8 Å². The standard InChI is InChI=1S/C62H65N3O/c1-57(2,3)42-34-46-44-26-21-27-51-54(44)65-56(64(51)50-29-28-41(61(13,14)60(10,11)12)33-45(50)39-24-19-16-20-25-39)48-36-43(58(4,5)6)37-49(59(7,8)9)55(48)66-62(65)53(46)47(35-42)52-32-40(30-31-63(52)62)38-22-17-15-18-23-38/h15-37H,1-14H3/q+2. The molecule has 332 valence electrons. The van der Waals surface area contributed by atoms with E-state index in [2.05, 4.69) is 250 Å². The summed E-state index contributed by atoms with van der Waals surface area (Å²) in [6.45, 7) is 32.9. The largest absolute Gasteiger partial charge is 0.499 e. The van der Waals surface area contributed by atoms with Crippen LogP contribution in [0.4, 0.5) is 0 Å². The molecule has 0 saturated carbocycles. The molecule has 3 aliphatic rings. The van der Waals surface area contributed by atoms with Crippen LogP contribution >= 0.6 is 0 Å². The van der Waals surface area contributed by atoms with Crippen LogP contribution < -0.4 is 13.9 Å². The lowest BCUT2D eigenvalue weighted by molar-refractivity contribution is -0.997. The third-order valence-corrected chi connectivity index (χ3v) is 15.7. The summed E-state index contributed by atoms with van der Waals surface area (Å²) in [5.74, 6) is 0.995. The molecule has 1 unspecified atom stereocenters. The van der Waals surface area contributed by atoms with Crippen LogP contribution in [0.2, 0.25) is 0 Å². The monoisotopic (exact) mass is 868 g/mol. The van der Waals surface area contributed by atoms with Crippen LogP contribution in [0.3, 0.4) is 0 Å². The Labute approximate surface area is 392 Å². The van der Waals surface area contributed by atoms with Crippen molar-refractivity contribution in [2.75, 3.05) is 0 Å². The first-order chi connectivity index (χ1) is 31.0. The fraction of sp³-hybridized carbons (Fsp3) is 0.323. The van der Waals surface area contributed by atoms with E-state index in [-0.39, 0.29) is 27.1 Å². The van der Waals surface area contributed by atoms with Gasteiger partial charge in [0.15, 0.2) is 23.0 Å². The summed E-state index contributed by atoms with van der Waals surface area (Å²) in [4.78, 5) is 0. The topological polar surface area (TPSA) is 21.9 Å². The van der Waals surface area contributed by atoms with Crippen molar-refractivity contribution >= 4 is 11.0 Å². The van der Waals surface area contributed by atoms with Crippen LogP contribution in [0.25, 0.3) is 72.7 Å². The number of para-hydroxylation sites is 1. The van der Waals surface area contributed by atoms with Gasteiger partial charge < -0.3 is 4.74 Å². The highest BCUT2D eigenvalue weighted by molar-refractivity contribution is 5.98. The highest BCUT2D eigenvalue weighted by Gasteiger charge is 2.69. The molecular formula is C62H65N3O+2. The molecular weight excluding hydrogens is 803 g/mol. The highest BCUT2D eigenvalue weighted by Crippen LogP contribution is 2.57. The molecule has 66 heavy (non-hydrogen) atoms. The average Bonchev–Trinajstić information content (AvgIpc) is 3.76. The lowest BCUT2D eigenvalue weighted by Crippen LogP contribution is -2.78. The van der Waals surface area contributed by atoms with Crippen LogP contribution in [0, 0.1) is 5.41 Å². The SMILES string of the molecule is CC(C)(C)c1cc2c3c(c1)-c1cc(-c4ccccc4)cc[n+]1C31Oc3c(cc(C(C)(C)C)cc3C(C)(C)C)-c3n(-c4ccc(C(C)(C)C(C)(C)C)cc4-c4ccccc4)c4cccc-2c4[n+]31. The molecule has 0 N–H and O–H groups in total. The average molecular weight is 868 g/mol. The lowest BCUT2D eigenvalue weighted by atomic mass is 9.65. The summed E-state index contributed by atoms with van der Waals surface area (Å²) in [6.07, 6.45) is 2.30. The van der Waals surface area contributed by atoms with Crippen molar-refractivity contribution in [1.82, 2.24) is 4.57 Å². The number of imidazole rings is 1. The second-order valence-electron chi connectivity index (χ2n) is 24.0. The Bertz CT molecular complexity index is 3320. The van der Waals surface area contributed by atoms with Gasteiger partial charge in [0.05, 0.1) is 5.56 Å². The molecule has 8 aromatic rings. The molecule has 0 aliphatic carbocycles. The molecule has 5 heterocycles. The number of rotatable bonds is 4. The summed E-state index contributed by atoms with van der Waals surface area (Å²) in [5.41, 5.74) is 20.0. The van der Waals surface area contributed by atoms with Crippen molar-refractivity contribution in [1.29, 1.82) is 0 Å². The molecule has 0 saturated heterocycles. The third kappa shape index (κ3) is 5.88. The first-order valence-corrected chi connectivity index (χ1v) is 24.0.